The minimum absolute atomic E-state index is 0.0132. The van der Waals surface area contributed by atoms with E-state index in [1.807, 2.05) is 6.07 Å². The number of rotatable bonds is 2. The van der Waals surface area contributed by atoms with E-state index in [0.29, 0.717) is 16.3 Å². The van der Waals surface area contributed by atoms with E-state index in [2.05, 4.69) is 5.43 Å². The summed E-state index contributed by atoms with van der Waals surface area (Å²) in [5, 5.41) is 11.3. The molecule has 7 heteroatoms. The quantitative estimate of drug-likeness (QED) is 0.901. The fraction of sp³-hybridized carbons (Fsp3) is 0.333. The van der Waals surface area contributed by atoms with Crippen LogP contribution in [0.15, 0.2) is 36.4 Å². The van der Waals surface area contributed by atoms with Gasteiger partial charge in [0.15, 0.2) is 0 Å². The van der Waals surface area contributed by atoms with Gasteiger partial charge in [0.25, 0.3) is 0 Å². The van der Waals surface area contributed by atoms with Gasteiger partial charge in [0, 0.05) is 6.54 Å². The predicted molar refractivity (Wildman–Crippen MR) is 86.1 cm³/mol. The Morgan fingerprint density at radius 3 is 2.56 bits per heavy atom. The Balaban J connectivity index is 2.11. The van der Waals surface area contributed by atoms with E-state index >= 15 is 0 Å². The molecule has 0 aliphatic carbocycles. The van der Waals surface area contributed by atoms with Gasteiger partial charge in [-0.25, -0.2) is 5.01 Å². The molecular weight excluding hydrogens is 331 g/mol. The molecule has 1 N–H and O–H groups in total. The smallest absolute Gasteiger partial charge is 0.287 e. The van der Waals surface area contributed by atoms with E-state index < -0.39 is 23.5 Å². The van der Waals surface area contributed by atoms with Gasteiger partial charge in [0.05, 0.1) is 17.0 Å². The lowest BCUT2D eigenvalue weighted by molar-refractivity contribution is -0.191. The number of alkyl halides is 3. The van der Waals surface area contributed by atoms with Gasteiger partial charge in [-0.1, -0.05) is 24.3 Å². The van der Waals surface area contributed by atoms with Gasteiger partial charge in [-0.2, -0.15) is 18.4 Å². The molecule has 0 unspecified atom stereocenters. The zero-order valence-corrected chi connectivity index (χ0v) is 13.7. The first-order valence-electron chi connectivity index (χ1n) is 7.71. The summed E-state index contributed by atoms with van der Waals surface area (Å²) in [6.45, 7) is 3.14. The molecule has 1 heterocycles. The first kappa shape index (κ1) is 17.2. The van der Waals surface area contributed by atoms with Crippen LogP contribution in [0.1, 0.15) is 31.0 Å². The number of halogens is 3. The third-order valence-electron chi connectivity index (χ3n) is 4.39. The number of hydrazine groups is 1. The maximum Gasteiger partial charge on any atom is 0.409 e. The number of nitriles is 1. The first-order chi connectivity index (χ1) is 11.6. The van der Waals surface area contributed by atoms with Crippen molar-refractivity contribution >= 4 is 16.7 Å². The summed E-state index contributed by atoms with van der Waals surface area (Å²) in [6, 6.07) is 9.34. The second kappa shape index (κ2) is 5.74. The van der Waals surface area contributed by atoms with Crippen LogP contribution in [0.3, 0.4) is 0 Å². The van der Waals surface area contributed by atoms with Gasteiger partial charge in [-0.05, 0) is 42.3 Å². The number of hydrogen-bond donors (Lipinski definition) is 1. The van der Waals surface area contributed by atoms with Crippen molar-refractivity contribution in [3.8, 4) is 6.07 Å². The van der Waals surface area contributed by atoms with Crippen LogP contribution < -0.4 is 5.43 Å². The Labute approximate surface area is 142 Å². The third-order valence-corrected chi connectivity index (χ3v) is 4.39. The number of nitrogens with one attached hydrogen (secondary N) is 1. The van der Waals surface area contributed by atoms with E-state index in [0.717, 1.165) is 5.01 Å². The highest BCUT2D eigenvalue weighted by atomic mass is 19.4. The molecule has 0 radical (unpaired) electrons. The summed E-state index contributed by atoms with van der Waals surface area (Å²) >= 11 is 0. The lowest BCUT2D eigenvalue weighted by atomic mass is 9.93. The summed E-state index contributed by atoms with van der Waals surface area (Å²) < 4.78 is 41.3. The van der Waals surface area contributed by atoms with E-state index in [9.17, 15) is 23.2 Å². The van der Waals surface area contributed by atoms with E-state index in [4.69, 9.17) is 0 Å². The first-order valence-corrected chi connectivity index (χ1v) is 7.71. The molecule has 1 aliphatic heterocycles. The Bertz CT molecular complexity index is 883. The minimum Gasteiger partial charge on any atom is -0.287 e. The van der Waals surface area contributed by atoms with E-state index in [1.165, 1.54) is 12.1 Å². The number of nitrogens with zero attached hydrogens (tertiary/aromatic N) is 2. The Hall–Kier alpha value is -2.59. The van der Waals surface area contributed by atoms with Crippen LogP contribution in [0.5, 0.6) is 0 Å². The monoisotopic (exact) mass is 347 g/mol. The van der Waals surface area contributed by atoms with Crippen LogP contribution in [0.25, 0.3) is 10.8 Å². The molecule has 2 aromatic carbocycles. The van der Waals surface area contributed by atoms with Gasteiger partial charge in [-0.15, -0.1) is 0 Å². The zero-order valence-electron chi connectivity index (χ0n) is 13.7. The highest BCUT2D eigenvalue weighted by molar-refractivity contribution is 5.88. The fourth-order valence-electron chi connectivity index (χ4n) is 3.08. The highest BCUT2D eigenvalue weighted by Crippen LogP contribution is 2.41. The number of benzene rings is 2. The Kier molecular flexibility index (Phi) is 3.96. The second-order valence-corrected chi connectivity index (χ2v) is 6.79. The molecule has 1 saturated heterocycles. The van der Waals surface area contributed by atoms with E-state index in [-0.39, 0.29) is 12.1 Å². The van der Waals surface area contributed by atoms with Crippen molar-refractivity contribution in [1.29, 1.82) is 5.26 Å². The average molecular weight is 347 g/mol. The highest BCUT2D eigenvalue weighted by Gasteiger charge is 2.51. The summed E-state index contributed by atoms with van der Waals surface area (Å²) in [6.07, 6.45) is -4.58. The Morgan fingerprint density at radius 1 is 1.28 bits per heavy atom. The van der Waals surface area contributed by atoms with E-state index in [1.54, 1.807) is 38.1 Å². The van der Waals surface area contributed by atoms with Gasteiger partial charge < -0.3 is 0 Å². The maximum atomic E-state index is 13.8. The van der Waals surface area contributed by atoms with Crippen molar-refractivity contribution < 1.29 is 18.0 Å². The second-order valence-electron chi connectivity index (χ2n) is 6.79. The normalized spacial score (nSPS) is 18.8. The fourth-order valence-corrected chi connectivity index (χ4v) is 3.08. The van der Waals surface area contributed by atoms with Crippen molar-refractivity contribution in [3.63, 3.8) is 0 Å². The molecule has 1 fully saturated rings. The molecule has 0 spiro atoms. The SMILES string of the molecule is CC1(C)CN([C@@H](c2ccc3cccc(C#N)c3c2)C(F)(F)F)NC1=O. The van der Waals surface area contributed by atoms with Crippen LogP contribution >= 0.6 is 0 Å². The van der Waals surface area contributed by atoms with Crippen LogP contribution in [0.2, 0.25) is 0 Å². The van der Waals surface area contributed by atoms with Crippen molar-refractivity contribution in [2.45, 2.75) is 26.1 Å². The Morgan fingerprint density at radius 2 is 2.00 bits per heavy atom. The number of fused-ring (bicyclic) bond motifs is 1. The summed E-state index contributed by atoms with van der Waals surface area (Å²) in [7, 11) is 0. The largest absolute Gasteiger partial charge is 0.409 e. The van der Waals surface area contributed by atoms with Crippen molar-refractivity contribution in [2.24, 2.45) is 5.41 Å². The maximum absolute atomic E-state index is 13.8. The number of carbonyl (C=O) groups is 1. The summed E-state index contributed by atoms with van der Waals surface area (Å²) in [5.41, 5.74) is 1.73. The molecule has 1 atom stereocenters. The third kappa shape index (κ3) is 3.05. The molecule has 1 aliphatic rings. The van der Waals surface area contributed by atoms with Gasteiger partial charge >= 0.3 is 6.18 Å². The molecular formula is C18H16F3N3O. The number of hydrogen-bond acceptors (Lipinski definition) is 3. The van der Waals surface area contributed by atoms with Crippen molar-refractivity contribution in [3.05, 3.63) is 47.5 Å². The molecule has 0 saturated carbocycles. The topological polar surface area (TPSA) is 56.1 Å². The molecule has 3 rings (SSSR count). The summed E-state index contributed by atoms with van der Waals surface area (Å²) in [4.78, 5) is 11.9. The lowest BCUT2D eigenvalue weighted by Gasteiger charge is -2.30. The molecule has 1 amide bonds. The number of carbonyl (C=O) groups excluding carboxylic acids is 1. The van der Waals surface area contributed by atoms with Crippen LogP contribution in [-0.2, 0) is 4.79 Å². The van der Waals surface area contributed by atoms with Crippen molar-refractivity contribution in [2.75, 3.05) is 6.54 Å². The number of amides is 1. The zero-order chi connectivity index (χ0) is 18.4. The van der Waals surface area contributed by atoms with Gasteiger partial charge in [0.2, 0.25) is 5.91 Å². The molecule has 2 aromatic rings. The predicted octanol–water partition coefficient (Wildman–Crippen LogP) is 3.69. The lowest BCUT2D eigenvalue weighted by Crippen LogP contribution is -2.43. The van der Waals surface area contributed by atoms with Gasteiger partial charge in [-0.3, -0.25) is 10.2 Å². The summed E-state index contributed by atoms with van der Waals surface area (Å²) in [5.74, 6) is -0.444. The van der Waals surface area contributed by atoms with Crippen molar-refractivity contribution in [1.82, 2.24) is 10.4 Å². The molecule has 25 heavy (non-hydrogen) atoms. The molecule has 0 aromatic heterocycles. The molecule has 130 valence electrons. The van der Waals surface area contributed by atoms with Gasteiger partial charge in [0.1, 0.15) is 6.04 Å². The van der Waals surface area contributed by atoms with Crippen LogP contribution in [-0.4, -0.2) is 23.6 Å². The molecule has 4 nitrogen and oxygen atoms in total. The van der Waals surface area contributed by atoms with Crippen LogP contribution in [0.4, 0.5) is 13.2 Å². The molecule has 0 bridgehead atoms. The standard InChI is InChI=1S/C18H16F3N3O/c1-17(2)10-24(23-16(17)25)15(18(19,20)21)12-7-6-11-4-3-5-13(9-22)14(11)8-12/h3-8,15H,10H2,1-2H3,(H,23,25)/t15-/m0/s1. The average Bonchev–Trinajstić information content (AvgIpc) is 2.78. The van der Waals surface area contributed by atoms with Crippen LogP contribution in [0, 0.1) is 16.7 Å². The minimum atomic E-state index is -4.58.